The Morgan fingerprint density at radius 2 is 2.40 bits per heavy atom. The van der Waals surface area contributed by atoms with Crippen LogP contribution in [0.25, 0.3) is 0 Å². The smallest absolute Gasteiger partial charge is 0.273 e. The van der Waals surface area contributed by atoms with Gasteiger partial charge in [-0.05, 0) is 19.0 Å². The molecule has 1 unspecified atom stereocenters. The van der Waals surface area contributed by atoms with Gasteiger partial charge < -0.3 is 10.1 Å². The Bertz CT molecular complexity index is 361. The number of hydrogen-bond acceptors (Lipinski definition) is 4. The van der Waals surface area contributed by atoms with Gasteiger partial charge >= 0.3 is 0 Å². The molecular formula is C10H12N2O3. The van der Waals surface area contributed by atoms with E-state index in [1.165, 1.54) is 12.1 Å². The third-order valence-corrected chi connectivity index (χ3v) is 2.35. The molecule has 5 nitrogen and oxygen atoms in total. The summed E-state index contributed by atoms with van der Waals surface area (Å²) in [7, 11) is 0. The summed E-state index contributed by atoms with van der Waals surface area (Å²) in [6, 6.07) is 6.29. The van der Waals surface area contributed by atoms with E-state index in [1.54, 1.807) is 12.1 Å². The van der Waals surface area contributed by atoms with Gasteiger partial charge in [0.05, 0.1) is 11.0 Å². The van der Waals surface area contributed by atoms with Crippen LogP contribution in [0.5, 0.6) is 5.75 Å². The molecule has 1 aromatic carbocycles. The van der Waals surface area contributed by atoms with Gasteiger partial charge in [-0.15, -0.1) is 0 Å². The van der Waals surface area contributed by atoms with Gasteiger partial charge in [-0.25, -0.2) is 0 Å². The molecular weight excluding hydrogens is 196 g/mol. The summed E-state index contributed by atoms with van der Waals surface area (Å²) in [5.41, 5.74) is 0.0680. The summed E-state index contributed by atoms with van der Waals surface area (Å²) in [4.78, 5) is 10.1. The van der Waals surface area contributed by atoms with Crippen LogP contribution in [0.2, 0.25) is 0 Å². The van der Waals surface area contributed by atoms with Crippen molar-refractivity contribution in [3.8, 4) is 5.75 Å². The molecule has 1 aromatic rings. The molecule has 0 radical (unpaired) electrons. The number of ether oxygens (including phenoxy) is 1. The molecule has 0 saturated carbocycles. The van der Waals surface area contributed by atoms with Crippen LogP contribution in [0.4, 0.5) is 5.69 Å². The zero-order valence-corrected chi connectivity index (χ0v) is 8.18. The highest BCUT2D eigenvalue weighted by Gasteiger charge is 2.16. The van der Waals surface area contributed by atoms with Crippen LogP contribution >= 0.6 is 0 Å². The van der Waals surface area contributed by atoms with Gasteiger partial charge in [0.15, 0.2) is 0 Å². The van der Waals surface area contributed by atoms with Crippen LogP contribution in [-0.2, 0) is 0 Å². The van der Waals surface area contributed by atoms with Crippen molar-refractivity contribution in [2.75, 3.05) is 13.1 Å². The molecule has 15 heavy (non-hydrogen) atoms. The van der Waals surface area contributed by atoms with Crippen molar-refractivity contribution in [2.24, 2.45) is 0 Å². The zero-order chi connectivity index (χ0) is 10.7. The van der Waals surface area contributed by atoms with Crippen LogP contribution in [-0.4, -0.2) is 24.1 Å². The highest BCUT2D eigenvalue weighted by molar-refractivity contribution is 5.38. The van der Waals surface area contributed by atoms with E-state index in [2.05, 4.69) is 5.32 Å². The summed E-state index contributed by atoms with van der Waals surface area (Å²) in [6.45, 7) is 1.75. The van der Waals surface area contributed by atoms with E-state index in [4.69, 9.17) is 4.74 Å². The van der Waals surface area contributed by atoms with Crippen molar-refractivity contribution in [1.82, 2.24) is 5.32 Å². The van der Waals surface area contributed by atoms with Gasteiger partial charge in [0, 0.05) is 12.6 Å². The average Bonchev–Trinajstić information content (AvgIpc) is 2.71. The minimum absolute atomic E-state index is 0.0680. The first-order chi connectivity index (χ1) is 7.25. The highest BCUT2D eigenvalue weighted by atomic mass is 16.6. The third kappa shape index (κ3) is 2.44. The van der Waals surface area contributed by atoms with E-state index >= 15 is 0 Å². The molecule has 2 rings (SSSR count). The highest BCUT2D eigenvalue weighted by Crippen LogP contribution is 2.21. The van der Waals surface area contributed by atoms with E-state index in [0.29, 0.717) is 5.75 Å². The first kappa shape index (κ1) is 9.92. The van der Waals surface area contributed by atoms with Crippen molar-refractivity contribution >= 4 is 5.69 Å². The number of nitrogens with one attached hydrogen (secondary N) is 1. The van der Waals surface area contributed by atoms with Crippen LogP contribution in [0.15, 0.2) is 24.3 Å². The summed E-state index contributed by atoms with van der Waals surface area (Å²) in [5, 5.41) is 13.7. The zero-order valence-electron chi connectivity index (χ0n) is 8.18. The molecule has 0 aromatic heterocycles. The summed E-state index contributed by atoms with van der Waals surface area (Å²) >= 11 is 0. The summed E-state index contributed by atoms with van der Waals surface area (Å²) in [5.74, 6) is 0.568. The van der Waals surface area contributed by atoms with E-state index < -0.39 is 4.92 Å². The Kier molecular flexibility index (Phi) is 2.82. The Labute approximate surface area is 87.2 Å². The van der Waals surface area contributed by atoms with Crippen LogP contribution in [0.1, 0.15) is 6.42 Å². The predicted octanol–water partition coefficient (Wildman–Crippen LogP) is 1.34. The first-order valence-corrected chi connectivity index (χ1v) is 4.87. The average molecular weight is 208 g/mol. The topological polar surface area (TPSA) is 64.4 Å². The summed E-state index contributed by atoms with van der Waals surface area (Å²) < 4.78 is 5.60. The molecule has 0 spiro atoms. The lowest BCUT2D eigenvalue weighted by molar-refractivity contribution is -0.384. The number of nitrogens with zero attached hydrogens (tertiary/aromatic N) is 1. The molecule has 1 atom stereocenters. The van der Waals surface area contributed by atoms with Gasteiger partial charge in [-0.2, -0.15) is 0 Å². The second-order valence-electron chi connectivity index (χ2n) is 3.49. The number of nitro benzene ring substituents is 1. The van der Waals surface area contributed by atoms with Gasteiger partial charge in [-0.1, -0.05) is 6.07 Å². The maximum Gasteiger partial charge on any atom is 0.273 e. The molecule has 1 heterocycles. The van der Waals surface area contributed by atoms with Gasteiger partial charge in [0.2, 0.25) is 0 Å². The van der Waals surface area contributed by atoms with Gasteiger partial charge in [0.25, 0.3) is 5.69 Å². The predicted molar refractivity (Wildman–Crippen MR) is 55.0 cm³/mol. The third-order valence-electron chi connectivity index (χ3n) is 2.35. The van der Waals surface area contributed by atoms with Crippen molar-refractivity contribution < 1.29 is 9.66 Å². The molecule has 0 bridgehead atoms. The van der Waals surface area contributed by atoms with E-state index in [-0.39, 0.29) is 11.8 Å². The molecule has 0 amide bonds. The maximum atomic E-state index is 10.5. The second-order valence-corrected chi connectivity index (χ2v) is 3.49. The van der Waals surface area contributed by atoms with Crippen LogP contribution < -0.4 is 10.1 Å². The Morgan fingerprint density at radius 3 is 3.07 bits per heavy atom. The van der Waals surface area contributed by atoms with E-state index in [1.807, 2.05) is 0 Å². The molecule has 1 N–H and O–H groups in total. The largest absolute Gasteiger partial charge is 0.489 e. The Balaban J connectivity index is 2.07. The lowest BCUT2D eigenvalue weighted by Crippen LogP contribution is -2.19. The normalized spacial score (nSPS) is 20.1. The van der Waals surface area contributed by atoms with Gasteiger partial charge in [0.1, 0.15) is 11.9 Å². The van der Waals surface area contributed by atoms with E-state index in [0.717, 1.165) is 19.5 Å². The fraction of sp³-hybridized carbons (Fsp3) is 0.400. The van der Waals surface area contributed by atoms with E-state index in [9.17, 15) is 10.1 Å². The minimum Gasteiger partial charge on any atom is -0.489 e. The molecule has 5 heteroatoms. The molecule has 1 aliphatic rings. The number of rotatable bonds is 3. The monoisotopic (exact) mass is 208 g/mol. The fourth-order valence-corrected chi connectivity index (χ4v) is 1.59. The van der Waals surface area contributed by atoms with Crippen LogP contribution in [0.3, 0.4) is 0 Å². The van der Waals surface area contributed by atoms with Gasteiger partial charge in [-0.3, -0.25) is 10.1 Å². The molecule has 0 aliphatic carbocycles. The molecule has 1 fully saturated rings. The van der Waals surface area contributed by atoms with Crippen molar-refractivity contribution in [1.29, 1.82) is 0 Å². The second kappa shape index (κ2) is 4.27. The minimum atomic E-state index is -0.417. The molecule has 1 saturated heterocycles. The molecule has 1 aliphatic heterocycles. The summed E-state index contributed by atoms with van der Waals surface area (Å²) in [6.07, 6.45) is 1.08. The lowest BCUT2D eigenvalue weighted by Gasteiger charge is -2.11. The van der Waals surface area contributed by atoms with Crippen molar-refractivity contribution in [2.45, 2.75) is 12.5 Å². The maximum absolute atomic E-state index is 10.5. The standard InChI is InChI=1S/C10H12N2O3/c13-12(14)8-2-1-3-9(6-8)15-10-4-5-11-7-10/h1-3,6,10-11H,4-5,7H2. The molecule has 80 valence electrons. The fourth-order valence-electron chi connectivity index (χ4n) is 1.59. The van der Waals surface area contributed by atoms with Crippen LogP contribution in [0, 0.1) is 10.1 Å². The van der Waals surface area contributed by atoms with Crippen molar-refractivity contribution in [3.05, 3.63) is 34.4 Å². The first-order valence-electron chi connectivity index (χ1n) is 4.87. The van der Waals surface area contributed by atoms with Crippen molar-refractivity contribution in [3.63, 3.8) is 0 Å². The lowest BCUT2D eigenvalue weighted by atomic mass is 10.3. The SMILES string of the molecule is O=[N+]([O-])c1cccc(OC2CCNC2)c1. The number of nitro groups is 1. The Hall–Kier alpha value is -1.62. The Morgan fingerprint density at radius 1 is 1.53 bits per heavy atom. The number of hydrogen-bond donors (Lipinski definition) is 1. The number of benzene rings is 1. The quantitative estimate of drug-likeness (QED) is 0.601. The number of non-ortho nitro benzene ring substituents is 1.